The van der Waals surface area contributed by atoms with Gasteiger partial charge in [0.2, 0.25) is 12.0 Å². The molecule has 0 spiro atoms. The topological polar surface area (TPSA) is 86.9 Å². The van der Waals surface area contributed by atoms with E-state index in [-0.39, 0.29) is 24.7 Å². The molecule has 2 aliphatic rings. The third-order valence-corrected chi connectivity index (χ3v) is 4.49. The Bertz CT molecular complexity index is 777. The number of amides is 1. The van der Waals surface area contributed by atoms with Gasteiger partial charge in [-0.25, -0.2) is 0 Å². The van der Waals surface area contributed by atoms with Crippen LogP contribution in [0.4, 0.5) is 0 Å². The van der Waals surface area contributed by atoms with Gasteiger partial charge in [-0.3, -0.25) is 4.79 Å². The molecule has 0 unspecified atom stereocenters. The SMILES string of the molecule is CO[C@@H]1C[C@H](c2nc(C)no2)N(C(=O)[C@@H]2COc3ccccc3O2)C1. The second kappa shape index (κ2) is 6.36. The van der Waals surface area contributed by atoms with Crippen LogP contribution in [-0.4, -0.2) is 53.4 Å². The predicted octanol–water partition coefficient (Wildman–Crippen LogP) is 1.51. The molecule has 1 amide bonds. The maximum Gasteiger partial charge on any atom is 0.268 e. The van der Waals surface area contributed by atoms with E-state index in [0.29, 0.717) is 36.2 Å². The van der Waals surface area contributed by atoms with Crippen LogP contribution in [0, 0.1) is 6.92 Å². The maximum atomic E-state index is 13.0. The van der Waals surface area contributed by atoms with E-state index in [1.807, 2.05) is 18.2 Å². The normalized spacial score (nSPS) is 25.2. The van der Waals surface area contributed by atoms with Crippen LogP contribution in [-0.2, 0) is 9.53 Å². The first-order valence-electron chi connectivity index (χ1n) is 8.17. The van der Waals surface area contributed by atoms with E-state index >= 15 is 0 Å². The summed E-state index contributed by atoms with van der Waals surface area (Å²) in [6.07, 6.45) is -0.191. The van der Waals surface area contributed by atoms with Gasteiger partial charge in [-0.1, -0.05) is 17.3 Å². The zero-order valence-electron chi connectivity index (χ0n) is 14.0. The summed E-state index contributed by atoms with van der Waals surface area (Å²) in [4.78, 5) is 19.0. The molecule has 3 atom stereocenters. The molecule has 0 saturated carbocycles. The van der Waals surface area contributed by atoms with E-state index in [4.69, 9.17) is 18.7 Å². The van der Waals surface area contributed by atoms with Crippen LogP contribution < -0.4 is 9.47 Å². The van der Waals surface area contributed by atoms with Crippen LogP contribution in [0.2, 0.25) is 0 Å². The minimum absolute atomic E-state index is 0.0852. The fourth-order valence-electron chi connectivity index (χ4n) is 3.22. The van der Waals surface area contributed by atoms with E-state index in [9.17, 15) is 4.79 Å². The average molecular weight is 345 g/mol. The van der Waals surface area contributed by atoms with Gasteiger partial charge in [0.1, 0.15) is 12.6 Å². The van der Waals surface area contributed by atoms with Gasteiger partial charge in [0.05, 0.1) is 6.10 Å². The van der Waals surface area contributed by atoms with Crippen LogP contribution >= 0.6 is 0 Å². The molecule has 2 aliphatic heterocycles. The molecule has 0 N–H and O–H groups in total. The zero-order chi connectivity index (χ0) is 17.4. The molecular weight excluding hydrogens is 326 g/mol. The third-order valence-electron chi connectivity index (χ3n) is 4.49. The van der Waals surface area contributed by atoms with Gasteiger partial charge in [0, 0.05) is 20.1 Å². The number of likely N-dealkylation sites (tertiary alicyclic amines) is 1. The number of rotatable bonds is 3. The predicted molar refractivity (Wildman–Crippen MR) is 85.3 cm³/mol. The molecule has 8 heteroatoms. The number of nitrogens with zero attached hydrogens (tertiary/aromatic N) is 3. The number of carbonyl (C=O) groups is 1. The summed E-state index contributed by atoms with van der Waals surface area (Å²) in [5.41, 5.74) is 0. The van der Waals surface area contributed by atoms with E-state index in [0.717, 1.165) is 0 Å². The molecule has 0 aliphatic carbocycles. The van der Waals surface area contributed by atoms with Crippen molar-refractivity contribution in [1.82, 2.24) is 15.0 Å². The quantitative estimate of drug-likeness (QED) is 0.833. The Labute approximate surface area is 144 Å². The number of methoxy groups -OCH3 is 1. The van der Waals surface area contributed by atoms with Crippen LogP contribution in [0.3, 0.4) is 0 Å². The highest BCUT2D eigenvalue weighted by Crippen LogP contribution is 2.36. The average Bonchev–Trinajstić information content (AvgIpc) is 3.26. The monoisotopic (exact) mass is 345 g/mol. The molecule has 25 heavy (non-hydrogen) atoms. The second-order valence-electron chi connectivity index (χ2n) is 6.14. The van der Waals surface area contributed by atoms with Crippen molar-refractivity contribution >= 4 is 5.91 Å². The Morgan fingerprint density at radius 1 is 1.32 bits per heavy atom. The van der Waals surface area contributed by atoms with E-state index in [1.165, 1.54) is 0 Å². The Morgan fingerprint density at radius 2 is 2.12 bits per heavy atom. The number of ether oxygens (including phenoxy) is 3. The summed E-state index contributed by atoms with van der Waals surface area (Å²) >= 11 is 0. The fraction of sp³-hybridized carbons (Fsp3) is 0.471. The highest BCUT2D eigenvalue weighted by molar-refractivity contribution is 5.82. The smallest absolute Gasteiger partial charge is 0.268 e. The highest BCUT2D eigenvalue weighted by Gasteiger charge is 2.43. The number of para-hydroxylation sites is 2. The molecule has 1 aromatic carbocycles. The minimum atomic E-state index is -0.711. The van der Waals surface area contributed by atoms with Crippen molar-refractivity contribution in [2.24, 2.45) is 0 Å². The summed E-state index contributed by atoms with van der Waals surface area (Å²) in [6.45, 7) is 2.36. The van der Waals surface area contributed by atoms with Crippen LogP contribution in [0.15, 0.2) is 28.8 Å². The maximum absolute atomic E-state index is 13.0. The van der Waals surface area contributed by atoms with Gasteiger partial charge >= 0.3 is 0 Å². The van der Waals surface area contributed by atoms with E-state index < -0.39 is 6.10 Å². The molecule has 3 heterocycles. The van der Waals surface area contributed by atoms with Crippen LogP contribution in [0.1, 0.15) is 24.2 Å². The van der Waals surface area contributed by atoms with Crippen LogP contribution in [0.25, 0.3) is 0 Å². The Kier molecular flexibility index (Phi) is 4.04. The lowest BCUT2D eigenvalue weighted by atomic mass is 10.2. The van der Waals surface area contributed by atoms with Gasteiger partial charge in [0.25, 0.3) is 5.91 Å². The van der Waals surface area contributed by atoms with Crippen LogP contribution in [0.5, 0.6) is 11.5 Å². The summed E-state index contributed by atoms with van der Waals surface area (Å²) in [5.74, 6) is 2.00. The number of hydrogen-bond donors (Lipinski definition) is 0. The van der Waals surface area contributed by atoms with E-state index in [2.05, 4.69) is 10.1 Å². The van der Waals surface area contributed by atoms with Crippen molar-refractivity contribution in [3.63, 3.8) is 0 Å². The summed E-state index contributed by atoms with van der Waals surface area (Å²) in [6, 6.07) is 6.99. The first kappa shape index (κ1) is 15.9. The first-order valence-corrected chi connectivity index (χ1v) is 8.17. The Balaban J connectivity index is 1.55. The first-order chi connectivity index (χ1) is 12.2. The summed E-state index contributed by atoms with van der Waals surface area (Å²) in [5, 5.41) is 3.83. The van der Waals surface area contributed by atoms with Crippen molar-refractivity contribution in [2.45, 2.75) is 31.6 Å². The van der Waals surface area contributed by atoms with Crippen molar-refractivity contribution in [2.75, 3.05) is 20.3 Å². The van der Waals surface area contributed by atoms with Gasteiger partial charge in [-0.15, -0.1) is 0 Å². The molecular formula is C17H19N3O5. The molecule has 4 rings (SSSR count). The molecule has 2 aromatic rings. The van der Waals surface area contributed by atoms with Crippen molar-refractivity contribution in [3.05, 3.63) is 36.0 Å². The minimum Gasteiger partial charge on any atom is -0.485 e. The number of fused-ring (bicyclic) bond motifs is 1. The summed E-state index contributed by atoms with van der Waals surface area (Å²) in [7, 11) is 1.63. The molecule has 1 fully saturated rings. The fourth-order valence-corrected chi connectivity index (χ4v) is 3.22. The largest absolute Gasteiger partial charge is 0.485 e. The van der Waals surface area contributed by atoms with Gasteiger partial charge in [-0.05, 0) is 19.1 Å². The molecule has 0 radical (unpaired) electrons. The third kappa shape index (κ3) is 2.93. The molecule has 8 nitrogen and oxygen atoms in total. The Morgan fingerprint density at radius 3 is 2.84 bits per heavy atom. The number of aromatic nitrogens is 2. The second-order valence-corrected chi connectivity index (χ2v) is 6.14. The number of benzene rings is 1. The molecule has 1 aromatic heterocycles. The van der Waals surface area contributed by atoms with Crippen molar-refractivity contribution in [1.29, 1.82) is 0 Å². The highest BCUT2D eigenvalue weighted by atomic mass is 16.6. The number of carbonyl (C=O) groups excluding carboxylic acids is 1. The summed E-state index contributed by atoms with van der Waals surface area (Å²) < 4.78 is 22.2. The number of aryl methyl sites for hydroxylation is 1. The molecule has 0 bridgehead atoms. The van der Waals surface area contributed by atoms with Gasteiger partial charge < -0.3 is 23.6 Å². The van der Waals surface area contributed by atoms with E-state index in [1.54, 1.807) is 25.0 Å². The van der Waals surface area contributed by atoms with Crippen molar-refractivity contribution in [3.8, 4) is 11.5 Å². The zero-order valence-corrected chi connectivity index (χ0v) is 14.0. The lowest BCUT2D eigenvalue weighted by Gasteiger charge is -2.30. The lowest BCUT2D eigenvalue weighted by molar-refractivity contribution is -0.143. The molecule has 132 valence electrons. The standard InChI is InChI=1S/C17H19N3O5/c1-10-18-16(25-19-10)12-7-11(22-2)8-20(12)17(21)15-9-23-13-5-3-4-6-14(13)24-15/h3-6,11-12,15H,7-9H2,1-2H3/t11-,12-,15+/m1/s1. The van der Waals surface area contributed by atoms with Gasteiger partial charge in [0.15, 0.2) is 17.3 Å². The van der Waals surface area contributed by atoms with Gasteiger partial charge in [-0.2, -0.15) is 4.98 Å². The Hall–Kier alpha value is -2.61. The lowest BCUT2D eigenvalue weighted by Crippen LogP contribution is -2.46. The van der Waals surface area contributed by atoms with Crippen molar-refractivity contribution < 1.29 is 23.5 Å². The molecule has 1 saturated heterocycles. The number of hydrogen-bond acceptors (Lipinski definition) is 7.